The molecule has 1 aromatic heterocycles. The smallest absolute Gasteiger partial charge is 0.151 e. The standard InChI is InChI=1S/C13H15N5/c1-10(2)7-13-15-16-17-18(13)9-12-6-4-3-5-11(12)8-14/h3-6,10H,7,9H2,1-2H3. The lowest BCUT2D eigenvalue weighted by Gasteiger charge is -2.07. The van der Waals surface area contributed by atoms with Gasteiger partial charge in [0.1, 0.15) is 0 Å². The molecule has 0 fully saturated rings. The lowest BCUT2D eigenvalue weighted by Crippen LogP contribution is -2.10. The molecule has 18 heavy (non-hydrogen) atoms. The molecule has 0 unspecified atom stereocenters. The second-order valence-corrected chi connectivity index (χ2v) is 4.62. The van der Waals surface area contributed by atoms with Crippen LogP contribution in [0.5, 0.6) is 0 Å². The zero-order chi connectivity index (χ0) is 13.0. The van der Waals surface area contributed by atoms with Crippen LogP contribution in [0.1, 0.15) is 30.8 Å². The van der Waals surface area contributed by atoms with Crippen LogP contribution in [0, 0.1) is 17.2 Å². The van der Waals surface area contributed by atoms with Gasteiger partial charge in [0.05, 0.1) is 18.2 Å². The predicted octanol–water partition coefficient (Wildman–Crippen LogP) is 1.79. The summed E-state index contributed by atoms with van der Waals surface area (Å²) in [6.07, 6.45) is 0.835. The van der Waals surface area contributed by atoms with Crippen molar-refractivity contribution in [2.45, 2.75) is 26.8 Å². The van der Waals surface area contributed by atoms with E-state index < -0.39 is 0 Å². The van der Waals surface area contributed by atoms with E-state index in [4.69, 9.17) is 5.26 Å². The molecule has 0 saturated heterocycles. The first-order valence-electron chi connectivity index (χ1n) is 5.93. The monoisotopic (exact) mass is 241 g/mol. The second-order valence-electron chi connectivity index (χ2n) is 4.62. The van der Waals surface area contributed by atoms with E-state index in [1.165, 1.54) is 0 Å². The van der Waals surface area contributed by atoms with Gasteiger partial charge in [-0.2, -0.15) is 5.26 Å². The number of benzene rings is 1. The molecule has 1 heterocycles. The van der Waals surface area contributed by atoms with Gasteiger partial charge >= 0.3 is 0 Å². The Labute approximate surface area is 106 Å². The molecule has 0 aliphatic carbocycles. The SMILES string of the molecule is CC(C)Cc1nnnn1Cc1ccccc1C#N. The van der Waals surface area contributed by atoms with Crippen LogP contribution >= 0.6 is 0 Å². The molecule has 0 atom stereocenters. The highest BCUT2D eigenvalue weighted by molar-refractivity contribution is 5.37. The number of hydrogen-bond acceptors (Lipinski definition) is 4. The summed E-state index contributed by atoms with van der Waals surface area (Å²) in [5.74, 6) is 1.36. The first-order valence-corrected chi connectivity index (χ1v) is 5.93. The normalized spacial score (nSPS) is 10.6. The van der Waals surface area contributed by atoms with Crippen LogP contribution in [-0.4, -0.2) is 20.2 Å². The number of nitrogens with zero attached hydrogens (tertiary/aromatic N) is 5. The Balaban J connectivity index is 2.24. The van der Waals surface area contributed by atoms with Gasteiger partial charge in [-0.25, -0.2) is 4.68 Å². The molecule has 2 rings (SSSR count). The summed E-state index contributed by atoms with van der Waals surface area (Å²) < 4.78 is 1.76. The summed E-state index contributed by atoms with van der Waals surface area (Å²) in [4.78, 5) is 0. The molecule has 5 nitrogen and oxygen atoms in total. The largest absolute Gasteiger partial charge is 0.225 e. The van der Waals surface area contributed by atoms with Crippen molar-refractivity contribution in [3.8, 4) is 6.07 Å². The zero-order valence-electron chi connectivity index (χ0n) is 10.5. The van der Waals surface area contributed by atoms with Crippen molar-refractivity contribution in [2.75, 3.05) is 0 Å². The van der Waals surface area contributed by atoms with Gasteiger partial charge in [-0.1, -0.05) is 32.0 Å². The van der Waals surface area contributed by atoms with Crippen molar-refractivity contribution in [1.82, 2.24) is 20.2 Å². The minimum absolute atomic E-state index is 0.501. The average molecular weight is 241 g/mol. The third-order valence-electron chi connectivity index (χ3n) is 2.65. The Morgan fingerprint density at radius 1 is 1.33 bits per heavy atom. The van der Waals surface area contributed by atoms with Crippen LogP contribution in [0.4, 0.5) is 0 Å². The maximum atomic E-state index is 9.05. The Hall–Kier alpha value is -2.22. The van der Waals surface area contributed by atoms with Crippen molar-refractivity contribution < 1.29 is 0 Å². The van der Waals surface area contributed by atoms with Gasteiger partial charge in [-0.05, 0) is 28.0 Å². The second kappa shape index (κ2) is 5.41. The van der Waals surface area contributed by atoms with Gasteiger partial charge in [-0.15, -0.1) is 5.10 Å². The summed E-state index contributed by atoms with van der Waals surface area (Å²) in [6.45, 7) is 4.79. The van der Waals surface area contributed by atoms with Gasteiger partial charge in [0.2, 0.25) is 0 Å². The molecule has 0 N–H and O–H groups in total. The van der Waals surface area contributed by atoms with Crippen molar-refractivity contribution in [3.05, 3.63) is 41.2 Å². The molecule has 0 bridgehead atoms. The highest BCUT2D eigenvalue weighted by Gasteiger charge is 2.10. The molecule has 92 valence electrons. The topological polar surface area (TPSA) is 67.4 Å². The van der Waals surface area contributed by atoms with Crippen LogP contribution in [0.25, 0.3) is 0 Å². The molecule has 0 saturated carbocycles. The molecule has 2 aromatic rings. The van der Waals surface area contributed by atoms with Gasteiger partial charge < -0.3 is 0 Å². The van der Waals surface area contributed by atoms with Gasteiger partial charge in [0.15, 0.2) is 5.82 Å². The molecular weight excluding hydrogens is 226 g/mol. The molecule has 0 amide bonds. The molecule has 0 radical (unpaired) electrons. The molecule has 1 aromatic carbocycles. The minimum Gasteiger partial charge on any atom is -0.225 e. The van der Waals surface area contributed by atoms with Crippen molar-refractivity contribution >= 4 is 0 Å². The maximum Gasteiger partial charge on any atom is 0.151 e. The quantitative estimate of drug-likeness (QED) is 0.818. The van der Waals surface area contributed by atoms with Gasteiger partial charge in [0.25, 0.3) is 0 Å². The fourth-order valence-electron chi connectivity index (χ4n) is 1.79. The van der Waals surface area contributed by atoms with Gasteiger partial charge in [-0.3, -0.25) is 0 Å². The number of aromatic nitrogens is 4. The first kappa shape index (κ1) is 12.2. The fourth-order valence-corrected chi connectivity index (χ4v) is 1.79. The molecule has 0 spiro atoms. The van der Waals surface area contributed by atoms with Crippen molar-refractivity contribution in [3.63, 3.8) is 0 Å². The van der Waals surface area contributed by atoms with Crippen molar-refractivity contribution in [2.24, 2.45) is 5.92 Å². The molecular formula is C13H15N5. The Bertz CT molecular complexity index is 565. The van der Waals surface area contributed by atoms with E-state index in [1.807, 2.05) is 24.3 Å². The third kappa shape index (κ3) is 2.72. The summed E-state index contributed by atoms with van der Waals surface area (Å²) in [7, 11) is 0. The molecule has 5 heteroatoms. The van der Waals surface area contributed by atoms with Crippen LogP contribution < -0.4 is 0 Å². The number of tetrazole rings is 1. The van der Waals surface area contributed by atoms with E-state index in [-0.39, 0.29) is 0 Å². The van der Waals surface area contributed by atoms with E-state index in [1.54, 1.807) is 4.68 Å². The van der Waals surface area contributed by atoms with Crippen LogP contribution in [-0.2, 0) is 13.0 Å². The van der Waals surface area contributed by atoms with Crippen LogP contribution in [0.3, 0.4) is 0 Å². The minimum atomic E-state index is 0.501. The Morgan fingerprint density at radius 2 is 2.11 bits per heavy atom. The highest BCUT2D eigenvalue weighted by Crippen LogP contribution is 2.11. The Morgan fingerprint density at radius 3 is 2.83 bits per heavy atom. The van der Waals surface area contributed by atoms with E-state index in [9.17, 15) is 0 Å². The number of nitriles is 1. The van der Waals surface area contributed by atoms with E-state index in [0.29, 0.717) is 18.0 Å². The summed E-state index contributed by atoms with van der Waals surface area (Å²) in [5, 5.41) is 20.8. The number of rotatable bonds is 4. The summed E-state index contributed by atoms with van der Waals surface area (Å²) >= 11 is 0. The highest BCUT2D eigenvalue weighted by atomic mass is 15.5. The summed E-state index contributed by atoms with van der Waals surface area (Å²) in [6, 6.07) is 9.70. The van der Waals surface area contributed by atoms with Crippen LogP contribution in [0.15, 0.2) is 24.3 Å². The predicted molar refractivity (Wildman–Crippen MR) is 66.6 cm³/mol. The molecule has 0 aliphatic rings. The Kier molecular flexibility index (Phi) is 3.68. The number of hydrogen-bond donors (Lipinski definition) is 0. The van der Waals surface area contributed by atoms with E-state index in [0.717, 1.165) is 17.8 Å². The summed E-state index contributed by atoms with van der Waals surface area (Å²) in [5.41, 5.74) is 1.61. The van der Waals surface area contributed by atoms with Crippen molar-refractivity contribution in [1.29, 1.82) is 5.26 Å². The zero-order valence-corrected chi connectivity index (χ0v) is 10.5. The van der Waals surface area contributed by atoms with E-state index in [2.05, 4.69) is 35.4 Å². The lowest BCUT2D eigenvalue weighted by molar-refractivity contribution is 0.560. The average Bonchev–Trinajstić information content (AvgIpc) is 2.76. The van der Waals surface area contributed by atoms with Crippen LogP contribution in [0.2, 0.25) is 0 Å². The maximum absolute atomic E-state index is 9.05. The fraction of sp³-hybridized carbons (Fsp3) is 0.385. The lowest BCUT2D eigenvalue weighted by atomic mass is 10.1. The third-order valence-corrected chi connectivity index (χ3v) is 2.65. The van der Waals surface area contributed by atoms with Gasteiger partial charge in [0, 0.05) is 6.42 Å². The molecule has 0 aliphatic heterocycles. The first-order chi connectivity index (χ1) is 8.70. The van der Waals surface area contributed by atoms with E-state index >= 15 is 0 Å².